The van der Waals surface area contributed by atoms with Crippen molar-refractivity contribution in [1.82, 2.24) is 9.47 Å². The minimum absolute atomic E-state index is 0.0341. The van der Waals surface area contributed by atoms with Crippen molar-refractivity contribution in [3.63, 3.8) is 0 Å². The van der Waals surface area contributed by atoms with Crippen LogP contribution in [0.3, 0.4) is 0 Å². The molecule has 0 saturated heterocycles. The number of carboxylic acid groups (broad SMARTS) is 1. The average Bonchev–Trinajstić information content (AvgIpc) is 3.44. The molecule has 0 fully saturated rings. The lowest BCUT2D eigenvalue weighted by Crippen LogP contribution is -2.40. The van der Waals surface area contributed by atoms with Crippen LogP contribution in [0.25, 0.3) is 10.9 Å². The van der Waals surface area contributed by atoms with E-state index in [4.69, 9.17) is 0 Å². The number of nitrogens with zero attached hydrogens (tertiary/aromatic N) is 2. The molecule has 3 heterocycles. The molecule has 0 aliphatic carbocycles. The first-order chi connectivity index (χ1) is 15.6. The number of aromatic carboxylic acids is 1. The summed E-state index contributed by atoms with van der Waals surface area (Å²) in [5, 5.41) is 12.5. The Morgan fingerprint density at radius 1 is 1.12 bits per heavy atom. The summed E-state index contributed by atoms with van der Waals surface area (Å²) in [6.07, 6.45) is 3.40. The van der Waals surface area contributed by atoms with Gasteiger partial charge in [0.1, 0.15) is 0 Å². The third-order valence-electron chi connectivity index (χ3n) is 6.31. The Balaban J connectivity index is 1.55. The first kappa shape index (κ1) is 20.5. The molecule has 4 aromatic rings. The van der Waals surface area contributed by atoms with Gasteiger partial charge in [-0.05, 0) is 60.5 Å². The lowest BCUT2D eigenvalue weighted by atomic mass is 9.94. The van der Waals surface area contributed by atoms with E-state index in [1.807, 2.05) is 35.4 Å². The van der Waals surface area contributed by atoms with Crippen molar-refractivity contribution in [2.45, 2.75) is 32.4 Å². The predicted octanol–water partition coefficient (Wildman–Crippen LogP) is 5.40. The van der Waals surface area contributed by atoms with Crippen LogP contribution in [0.4, 0.5) is 0 Å². The van der Waals surface area contributed by atoms with E-state index >= 15 is 0 Å². The first-order valence-electron chi connectivity index (χ1n) is 10.8. The number of amides is 1. The van der Waals surface area contributed by atoms with Crippen molar-refractivity contribution < 1.29 is 14.7 Å². The summed E-state index contributed by atoms with van der Waals surface area (Å²) in [7, 11) is 0. The van der Waals surface area contributed by atoms with Crippen LogP contribution < -0.4 is 0 Å². The smallest absolute Gasteiger partial charge is 0.335 e. The van der Waals surface area contributed by atoms with Gasteiger partial charge in [0.25, 0.3) is 5.91 Å². The van der Waals surface area contributed by atoms with E-state index in [-0.39, 0.29) is 17.5 Å². The molecule has 1 amide bonds. The average molecular weight is 445 g/mol. The fourth-order valence-electron chi connectivity index (χ4n) is 4.72. The SMILES string of the molecule is CCn1cc(C(=O)N2CCc3ccsc3C2Cc2cccc(C(=O)O)c2)c2ccccc21. The Kier molecular flexibility index (Phi) is 5.31. The Morgan fingerprint density at radius 3 is 2.78 bits per heavy atom. The monoisotopic (exact) mass is 444 g/mol. The van der Waals surface area contributed by atoms with Crippen molar-refractivity contribution in [2.24, 2.45) is 0 Å². The molecule has 6 heteroatoms. The molecule has 0 saturated carbocycles. The first-order valence-corrected chi connectivity index (χ1v) is 11.7. The Hall–Kier alpha value is -3.38. The highest BCUT2D eigenvalue weighted by atomic mass is 32.1. The molecule has 2 aromatic carbocycles. The summed E-state index contributed by atoms with van der Waals surface area (Å²) in [5.41, 5.74) is 4.28. The van der Waals surface area contributed by atoms with Crippen LogP contribution >= 0.6 is 11.3 Å². The molecular formula is C26H24N2O3S. The van der Waals surface area contributed by atoms with Gasteiger partial charge in [-0.2, -0.15) is 0 Å². The highest BCUT2D eigenvalue weighted by Gasteiger charge is 2.33. The molecule has 0 radical (unpaired) electrons. The molecule has 5 rings (SSSR count). The number of thiophene rings is 1. The molecule has 1 N–H and O–H groups in total. The number of carbonyl (C=O) groups excluding carboxylic acids is 1. The number of para-hydroxylation sites is 1. The van der Waals surface area contributed by atoms with Crippen LogP contribution in [0.5, 0.6) is 0 Å². The summed E-state index contributed by atoms with van der Waals surface area (Å²) >= 11 is 1.68. The molecule has 162 valence electrons. The van der Waals surface area contributed by atoms with Gasteiger partial charge in [-0.15, -0.1) is 11.3 Å². The fourth-order valence-corrected chi connectivity index (χ4v) is 5.79. The topological polar surface area (TPSA) is 62.5 Å². The zero-order valence-electron chi connectivity index (χ0n) is 17.8. The van der Waals surface area contributed by atoms with Crippen molar-refractivity contribution >= 4 is 34.1 Å². The van der Waals surface area contributed by atoms with Gasteiger partial charge >= 0.3 is 5.97 Å². The summed E-state index contributed by atoms with van der Waals surface area (Å²) in [5.74, 6) is -0.903. The number of benzene rings is 2. The van der Waals surface area contributed by atoms with E-state index < -0.39 is 5.97 Å². The molecular weight excluding hydrogens is 420 g/mol. The number of fused-ring (bicyclic) bond motifs is 2. The number of hydrogen-bond donors (Lipinski definition) is 1. The minimum atomic E-state index is -0.937. The van der Waals surface area contributed by atoms with Crippen LogP contribution in [0.15, 0.2) is 66.2 Å². The van der Waals surface area contributed by atoms with Crippen LogP contribution in [0, 0.1) is 0 Å². The van der Waals surface area contributed by atoms with Gasteiger partial charge < -0.3 is 14.6 Å². The van der Waals surface area contributed by atoms with Gasteiger partial charge in [-0.25, -0.2) is 4.79 Å². The molecule has 1 aliphatic rings. The zero-order chi connectivity index (χ0) is 22.2. The van der Waals surface area contributed by atoms with Crippen LogP contribution in [0.2, 0.25) is 0 Å². The molecule has 2 aromatic heterocycles. The number of aromatic nitrogens is 1. The number of carbonyl (C=O) groups is 2. The molecule has 5 nitrogen and oxygen atoms in total. The Morgan fingerprint density at radius 2 is 1.97 bits per heavy atom. The standard InChI is InChI=1S/C26H24N2O3S/c1-2-27-16-21(20-8-3-4-9-22(20)27)25(29)28-12-10-18-11-13-32-24(18)23(28)15-17-6-5-7-19(14-17)26(30)31/h3-9,11,13-14,16,23H,2,10,12,15H2,1H3,(H,30,31). The van der Waals surface area contributed by atoms with Gasteiger partial charge in [0.05, 0.1) is 17.2 Å². The van der Waals surface area contributed by atoms with Gasteiger partial charge in [0.2, 0.25) is 0 Å². The predicted molar refractivity (Wildman–Crippen MR) is 127 cm³/mol. The van der Waals surface area contributed by atoms with E-state index in [9.17, 15) is 14.7 Å². The van der Waals surface area contributed by atoms with Gasteiger partial charge in [0.15, 0.2) is 0 Å². The van der Waals surface area contributed by atoms with Gasteiger partial charge in [-0.1, -0.05) is 30.3 Å². The maximum atomic E-state index is 13.9. The number of hydrogen-bond acceptors (Lipinski definition) is 3. The van der Waals surface area contributed by atoms with E-state index in [0.29, 0.717) is 13.0 Å². The maximum absolute atomic E-state index is 13.9. The summed E-state index contributed by atoms with van der Waals surface area (Å²) in [6.45, 7) is 3.53. The highest BCUT2D eigenvalue weighted by Crippen LogP contribution is 2.38. The Bertz CT molecular complexity index is 1320. The second kappa shape index (κ2) is 8.28. The largest absolute Gasteiger partial charge is 0.478 e. The molecule has 0 spiro atoms. The summed E-state index contributed by atoms with van der Waals surface area (Å²) in [6, 6.07) is 17.1. The normalized spacial score (nSPS) is 15.7. The number of aryl methyl sites for hydroxylation is 1. The number of rotatable bonds is 5. The number of carboxylic acids is 1. The highest BCUT2D eigenvalue weighted by molar-refractivity contribution is 7.10. The van der Waals surface area contributed by atoms with E-state index in [2.05, 4.69) is 29.0 Å². The van der Waals surface area contributed by atoms with Crippen molar-refractivity contribution in [1.29, 1.82) is 0 Å². The molecule has 1 atom stereocenters. The maximum Gasteiger partial charge on any atom is 0.335 e. The second-order valence-electron chi connectivity index (χ2n) is 8.13. The quantitative estimate of drug-likeness (QED) is 0.448. The van der Waals surface area contributed by atoms with Gasteiger partial charge in [-0.3, -0.25) is 4.79 Å². The molecule has 1 unspecified atom stereocenters. The van der Waals surface area contributed by atoms with Crippen molar-refractivity contribution in [3.05, 3.63) is 93.3 Å². The van der Waals surface area contributed by atoms with Crippen molar-refractivity contribution in [2.75, 3.05) is 6.54 Å². The van der Waals surface area contributed by atoms with Crippen LogP contribution in [-0.4, -0.2) is 33.0 Å². The van der Waals surface area contributed by atoms with Crippen LogP contribution in [0.1, 0.15) is 49.7 Å². The van der Waals surface area contributed by atoms with E-state index in [1.165, 1.54) is 10.4 Å². The van der Waals surface area contributed by atoms with E-state index in [0.717, 1.165) is 35.0 Å². The summed E-state index contributed by atoms with van der Waals surface area (Å²) < 4.78 is 2.12. The van der Waals surface area contributed by atoms with Gasteiger partial charge in [0, 0.05) is 35.1 Å². The summed E-state index contributed by atoms with van der Waals surface area (Å²) in [4.78, 5) is 28.5. The fraction of sp³-hybridized carbons (Fsp3) is 0.231. The third-order valence-corrected chi connectivity index (χ3v) is 7.37. The molecule has 1 aliphatic heterocycles. The van der Waals surface area contributed by atoms with Crippen molar-refractivity contribution in [3.8, 4) is 0 Å². The molecule has 32 heavy (non-hydrogen) atoms. The Labute approximate surface area is 190 Å². The zero-order valence-corrected chi connectivity index (χ0v) is 18.6. The lowest BCUT2D eigenvalue weighted by Gasteiger charge is -2.36. The second-order valence-corrected chi connectivity index (χ2v) is 9.08. The van der Waals surface area contributed by atoms with Crippen LogP contribution in [-0.2, 0) is 19.4 Å². The minimum Gasteiger partial charge on any atom is -0.478 e. The lowest BCUT2D eigenvalue weighted by molar-refractivity contribution is 0.0661. The third kappa shape index (κ3) is 3.50. The van der Waals surface area contributed by atoms with E-state index in [1.54, 1.807) is 29.5 Å². The molecule has 0 bridgehead atoms.